The SMILES string of the molecule is Cc1ccc(O)cc1C(=O)O.Cc1ccc(O)cc1C(=O)O. The van der Waals surface area contributed by atoms with Crippen LogP contribution in [-0.2, 0) is 0 Å². The molecule has 2 aromatic rings. The minimum absolute atomic E-state index is 0.0204. The van der Waals surface area contributed by atoms with Gasteiger partial charge in [-0.25, -0.2) is 9.59 Å². The number of carboxylic acids is 2. The lowest BCUT2D eigenvalue weighted by atomic mass is 10.1. The van der Waals surface area contributed by atoms with Gasteiger partial charge in [0.1, 0.15) is 11.5 Å². The zero-order valence-corrected chi connectivity index (χ0v) is 12.1. The summed E-state index contributed by atoms with van der Waals surface area (Å²) in [5.74, 6) is -2.07. The highest BCUT2D eigenvalue weighted by molar-refractivity contribution is 5.90. The minimum Gasteiger partial charge on any atom is -0.508 e. The maximum Gasteiger partial charge on any atom is 0.336 e. The van der Waals surface area contributed by atoms with E-state index in [1.54, 1.807) is 26.0 Å². The van der Waals surface area contributed by atoms with Gasteiger partial charge < -0.3 is 20.4 Å². The number of benzene rings is 2. The van der Waals surface area contributed by atoms with E-state index in [0.29, 0.717) is 11.1 Å². The Morgan fingerprint density at radius 3 is 1.27 bits per heavy atom. The highest BCUT2D eigenvalue weighted by Crippen LogP contribution is 2.16. The van der Waals surface area contributed by atoms with E-state index in [0.717, 1.165) is 0 Å². The van der Waals surface area contributed by atoms with Gasteiger partial charge in [-0.3, -0.25) is 0 Å². The first kappa shape index (κ1) is 17.0. The molecule has 0 aromatic heterocycles. The van der Waals surface area contributed by atoms with Crippen molar-refractivity contribution in [2.75, 3.05) is 0 Å². The molecule has 0 bridgehead atoms. The molecule has 6 heteroatoms. The molecule has 0 saturated carbocycles. The van der Waals surface area contributed by atoms with E-state index < -0.39 is 11.9 Å². The van der Waals surface area contributed by atoms with Gasteiger partial charge >= 0.3 is 11.9 Å². The summed E-state index contributed by atoms with van der Waals surface area (Å²) in [5.41, 5.74) is 1.58. The van der Waals surface area contributed by atoms with E-state index in [1.165, 1.54) is 24.3 Å². The van der Waals surface area contributed by atoms with Crippen molar-refractivity contribution in [3.05, 3.63) is 58.7 Å². The summed E-state index contributed by atoms with van der Waals surface area (Å²) >= 11 is 0. The van der Waals surface area contributed by atoms with Crippen LogP contribution in [-0.4, -0.2) is 32.4 Å². The number of carbonyl (C=O) groups is 2. The van der Waals surface area contributed by atoms with Crippen molar-refractivity contribution in [2.45, 2.75) is 13.8 Å². The summed E-state index contributed by atoms with van der Waals surface area (Å²) < 4.78 is 0. The van der Waals surface area contributed by atoms with Gasteiger partial charge in [-0.2, -0.15) is 0 Å². The zero-order chi connectivity index (χ0) is 16.9. The van der Waals surface area contributed by atoms with Crippen molar-refractivity contribution in [1.82, 2.24) is 0 Å². The molecular formula is C16H16O6. The van der Waals surface area contributed by atoms with Gasteiger partial charge in [-0.1, -0.05) is 12.1 Å². The van der Waals surface area contributed by atoms with Crippen LogP contribution in [0.4, 0.5) is 0 Å². The number of aromatic hydroxyl groups is 2. The largest absolute Gasteiger partial charge is 0.508 e. The average molecular weight is 304 g/mol. The van der Waals surface area contributed by atoms with Crippen molar-refractivity contribution < 1.29 is 30.0 Å². The first-order chi connectivity index (χ1) is 10.2. The first-order valence-corrected chi connectivity index (χ1v) is 6.28. The van der Waals surface area contributed by atoms with E-state index in [2.05, 4.69) is 0 Å². The number of phenolic OH excluding ortho intramolecular Hbond substituents is 2. The quantitative estimate of drug-likeness (QED) is 0.678. The molecule has 0 spiro atoms. The van der Waals surface area contributed by atoms with Crippen LogP contribution in [0.2, 0.25) is 0 Å². The number of phenols is 2. The summed E-state index contributed by atoms with van der Waals surface area (Å²) in [5, 5.41) is 35.0. The zero-order valence-electron chi connectivity index (χ0n) is 12.1. The van der Waals surface area contributed by atoms with E-state index in [-0.39, 0.29) is 22.6 Å². The van der Waals surface area contributed by atoms with E-state index >= 15 is 0 Å². The molecule has 0 fully saturated rings. The highest BCUT2D eigenvalue weighted by atomic mass is 16.4. The monoisotopic (exact) mass is 304 g/mol. The molecule has 0 aliphatic carbocycles. The lowest BCUT2D eigenvalue weighted by Crippen LogP contribution is -1.98. The molecule has 116 valence electrons. The smallest absolute Gasteiger partial charge is 0.336 e. The number of rotatable bonds is 2. The third-order valence-electron chi connectivity index (χ3n) is 2.90. The molecule has 6 nitrogen and oxygen atoms in total. The lowest BCUT2D eigenvalue weighted by molar-refractivity contribution is 0.0685. The van der Waals surface area contributed by atoms with Crippen LogP contribution < -0.4 is 0 Å². The molecule has 2 rings (SSSR count). The van der Waals surface area contributed by atoms with E-state index in [9.17, 15) is 9.59 Å². The Kier molecular flexibility index (Phi) is 5.51. The molecule has 22 heavy (non-hydrogen) atoms. The van der Waals surface area contributed by atoms with Crippen molar-refractivity contribution in [3.63, 3.8) is 0 Å². The lowest BCUT2D eigenvalue weighted by Gasteiger charge is -1.99. The second kappa shape index (κ2) is 7.12. The molecule has 2 aromatic carbocycles. The van der Waals surface area contributed by atoms with Gasteiger partial charge in [0.15, 0.2) is 0 Å². The van der Waals surface area contributed by atoms with Crippen LogP contribution in [0.15, 0.2) is 36.4 Å². The molecule has 0 aliphatic rings. The van der Waals surface area contributed by atoms with E-state index in [4.69, 9.17) is 20.4 Å². The Hall–Kier alpha value is -3.02. The van der Waals surface area contributed by atoms with Crippen molar-refractivity contribution in [1.29, 1.82) is 0 Å². The molecule has 0 aliphatic heterocycles. The topological polar surface area (TPSA) is 115 Å². The Bertz CT molecular complexity index is 644. The number of carboxylic acid groups (broad SMARTS) is 2. The van der Waals surface area contributed by atoms with E-state index in [1.807, 2.05) is 0 Å². The molecular weight excluding hydrogens is 288 g/mol. The van der Waals surface area contributed by atoms with Crippen molar-refractivity contribution in [3.8, 4) is 11.5 Å². The van der Waals surface area contributed by atoms with Crippen LogP contribution in [0.25, 0.3) is 0 Å². The molecule has 4 N–H and O–H groups in total. The maximum absolute atomic E-state index is 10.5. The van der Waals surface area contributed by atoms with Crippen molar-refractivity contribution >= 4 is 11.9 Å². The van der Waals surface area contributed by atoms with Gasteiger partial charge in [0.05, 0.1) is 11.1 Å². The molecule has 0 saturated heterocycles. The average Bonchev–Trinajstić information content (AvgIpc) is 2.44. The number of hydrogen-bond donors (Lipinski definition) is 4. The fourth-order valence-electron chi connectivity index (χ4n) is 1.68. The van der Waals surface area contributed by atoms with Gasteiger partial charge in [-0.05, 0) is 49.2 Å². The third-order valence-corrected chi connectivity index (χ3v) is 2.90. The maximum atomic E-state index is 10.5. The normalized spacial score (nSPS) is 9.55. The summed E-state index contributed by atoms with van der Waals surface area (Å²) in [6.07, 6.45) is 0. The summed E-state index contributed by atoms with van der Waals surface area (Å²) in [7, 11) is 0. The van der Waals surface area contributed by atoms with Crippen LogP contribution in [0.1, 0.15) is 31.8 Å². The predicted molar refractivity (Wildman–Crippen MR) is 79.6 cm³/mol. The Labute approximate surface area is 126 Å². The molecule has 0 atom stereocenters. The van der Waals surface area contributed by atoms with Crippen LogP contribution in [0, 0.1) is 13.8 Å². The predicted octanol–water partition coefficient (Wildman–Crippen LogP) is 2.80. The second-order valence-electron chi connectivity index (χ2n) is 4.61. The highest BCUT2D eigenvalue weighted by Gasteiger charge is 2.07. The molecule has 0 amide bonds. The third kappa shape index (κ3) is 4.52. The molecule has 0 unspecified atom stereocenters. The van der Waals surface area contributed by atoms with Crippen LogP contribution >= 0.6 is 0 Å². The number of aryl methyl sites for hydroxylation is 2. The minimum atomic E-state index is -1.02. The Balaban J connectivity index is 0.000000220. The first-order valence-electron chi connectivity index (χ1n) is 6.28. The second-order valence-corrected chi connectivity index (χ2v) is 4.61. The number of hydrogen-bond acceptors (Lipinski definition) is 4. The van der Waals surface area contributed by atoms with Gasteiger partial charge in [0.25, 0.3) is 0 Å². The fourth-order valence-corrected chi connectivity index (χ4v) is 1.68. The summed E-state index contributed by atoms with van der Waals surface area (Å²) in [6, 6.07) is 8.52. The Morgan fingerprint density at radius 1 is 0.727 bits per heavy atom. The fraction of sp³-hybridized carbons (Fsp3) is 0.125. The molecule has 0 radical (unpaired) electrons. The summed E-state index contributed by atoms with van der Waals surface area (Å²) in [6.45, 7) is 3.37. The van der Waals surface area contributed by atoms with Crippen LogP contribution in [0.5, 0.6) is 11.5 Å². The molecule has 0 heterocycles. The van der Waals surface area contributed by atoms with Gasteiger partial charge in [0, 0.05) is 0 Å². The van der Waals surface area contributed by atoms with Crippen molar-refractivity contribution in [2.24, 2.45) is 0 Å². The standard InChI is InChI=1S/2C8H8O3/c2*1-5-2-3-6(9)4-7(5)8(10)11/h2*2-4,9H,1H3,(H,10,11). The van der Waals surface area contributed by atoms with Gasteiger partial charge in [0.2, 0.25) is 0 Å². The number of aromatic carboxylic acids is 2. The van der Waals surface area contributed by atoms with Crippen LogP contribution in [0.3, 0.4) is 0 Å². The summed E-state index contributed by atoms with van der Waals surface area (Å²) in [4.78, 5) is 20.9. The Morgan fingerprint density at radius 2 is 1.05 bits per heavy atom. The van der Waals surface area contributed by atoms with Gasteiger partial charge in [-0.15, -0.1) is 0 Å².